The predicted molar refractivity (Wildman–Crippen MR) is 131 cm³/mol. The fourth-order valence-corrected chi connectivity index (χ4v) is 3.99. The summed E-state index contributed by atoms with van der Waals surface area (Å²) in [6, 6.07) is 23.0. The van der Waals surface area contributed by atoms with Crippen LogP contribution in [0.5, 0.6) is 0 Å². The maximum Gasteiger partial charge on any atom is 0.269 e. The summed E-state index contributed by atoms with van der Waals surface area (Å²) in [6.07, 6.45) is -0.232. The number of carbonyl (C=O) groups excluding carboxylic acids is 3. The molecule has 166 valence electrons. The van der Waals surface area contributed by atoms with E-state index in [1.54, 1.807) is 78.9 Å². The number of halogens is 1. The highest BCUT2D eigenvalue weighted by Crippen LogP contribution is 2.26. The minimum Gasteiger partial charge on any atom is -0.326 e. The molecule has 0 radical (unpaired) electrons. The van der Waals surface area contributed by atoms with Crippen LogP contribution < -0.4 is 15.6 Å². The second kappa shape index (κ2) is 9.81. The number of thiocarbonyl (C=S) groups is 1. The van der Waals surface area contributed by atoms with E-state index in [4.69, 9.17) is 23.8 Å². The first kappa shape index (κ1) is 22.4. The number of rotatable bonds is 6. The van der Waals surface area contributed by atoms with Crippen molar-refractivity contribution in [2.75, 3.05) is 10.2 Å². The van der Waals surface area contributed by atoms with Gasteiger partial charge < -0.3 is 5.32 Å². The van der Waals surface area contributed by atoms with Crippen molar-refractivity contribution < 1.29 is 14.4 Å². The van der Waals surface area contributed by atoms with Crippen LogP contribution in [0.25, 0.3) is 0 Å². The van der Waals surface area contributed by atoms with E-state index in [1.807, 2.05) is 6.07 Å². The highest BCUT2D eigenvalue weighted by Gasteiger charge is 2.45. The Morgan fingerprint density at radius 1 is 0.939 bits per heavy atom. The van der Waals surface area contributed by atoms with Crippen LogP contribution in [0.4, 0.5) is 11.4 Å². The van der Waals surface area contributed by atoms with Crippen molar-refractivity contribution in [1.29, 1.82) is 0 Å². The number of hydrazine groups is 1. The summed E-state index contributed by atoms with van der Waals surface area (Å²) in [7, 11) is 0. The zero-order valence-electron chi connectivity index (χ0n) is 17.3. The third-order valence-corrected chi connectivity index (χ3v) is 5.59. The lowest BCUT2D eigenvalue weighted by molar-refractivity contribution is -0.124. The number of amides is 3. The lowest BCUT2D eigenvalue weighted by Crippen LogP contribution is -2.49. The molecule has 0 aromatic heterocycles. The van der Waals surface area contributed by atoms with Crippen molar-refractivity contribution in [2.24, 2.45) is 0 Å². The van der Waals surface area contributed by atoms with Gasteiger partial charge in [-0.2, -0.15) is 0 Å². The second-order valence-electron chi connectivity index (χ2n) is 7.25. The van der Waals surface area contributed by atoms with Crippen LogP contribution in [0.3, 0.4) is 0 Å². The number of hydrogen-bond donors (Lipinski definition) is 2. The molecule has 1 aliphatic rings. The summed E-state index contributed by atoms with van der Waals surface area (Å²) < 4.78 is 0. The molecule has 4 rings (SSSR count). The Bertz CT molecular complexity index is 1210. The normalized spacial score (nSPS) is 15.5. The topological polar surface area (TPSA) is 81.8 Å². The monoisotopic (exact) mass is 478 g/mol. The van der Waals surface area contributed by atoms with Crippen LogP contribution in [0.1, 0.15) is 16.8 Å². The molecule has 7 nitrogen and oxygen atoms in total. The maximum atomic E-state index is 13.3. The fourth-order valence-electron chi connectivity index (χ4n) is 3.43. The van der Waals surface area contributed by atoms with Gasteiger partial charge in [0.1, 0.15) is 6.04 Å². The quantitative estimate of drug-likeness (QED) is 0.523. The van der Waals surface area contributed by atoms with Gasteiger partial charge in [-0.05, 0) is 54.7 Å². The summed E-state index contributed by atoms with van der Waals surface area (Å²) in [5.74, 6) is -1.28. The molecule has 1 fully saturated rings. The van der Waals surface area contributed by atoms with Crippen molar-refractivity contribution in [3.05, 3.63) is 95.5 Å². The molecule has 1 heterocycles. The van der Waals surface area contributed by atoms with Gasteiger partial charge in [0.05, 0.1) is 12.1 Å². The average molecular weight is 479 g/mol. The van der Waals surface area contributed by atoms with E-state index in [0.29, 0.717) is 22.0 Å². The fraction of sp³-hybridized carbons (Fsp3) is 0.0833. The molecule has 0 aliphatic carbocycles. The van der Waals surface area contributed by atoms with Crippen LogP contribution in [-0.2, 0) is 9.59 Å². The van der Waals surface area contributed by atoms with Gasteiger partial charge in [-0.3, -0.25) is 24.7 Å². The zero-order valence-corrected chi connectivity index (χ0v) is 18.8. The number of carbonyl (C=O) groups is 3. The molecule has 0 bridgehead atoms. The van der Waals surface area contributed by atoms with Crippen molar-refractivity contribution in [3.63, 3.8) is 0 Å². The van der Waals surface area contributed by atoms with Crippen molar-refractivity contribution >= 4 is 58.0 Å². The average Bonchev–Trinajstić information content (AvgIpc) is 3.04. The number of nitrogens with zero attached hydrogens (tertiary/aromatic N) is 2. The summed E-state index contributed by atoms with van der Waals surface area (Å²) >= 11 is 11.5. The molecule has 1 aliphatic heterocycles. The standard InChI is InChI=1S/C24H19ClN4O3S/c25-17-10-7-11-18(14-17)26-21(30)15-20-23(32)28(19-12-5-2-6-13-19)24(33)29(20)27-22(31)16-8-3-1-4-9-16/h1-14,20H,15H2,(H,26,30)(H,27,31). The van der Waals surface area contributed by atoms with Crippen LogP contribution >= 0.6 is 23.8 Å². The molecular weight excluding hydrogens is 460 g/mol. The van der Waals surface area contributed by atoms with Crippen LogP contribution in [0.2, 0.25) is 5.02 Å². The summed E-state index contributed by atoms with van der Waals surface area (Å²) in [6.45, 7) is 0. The molecule has 2 N–H and O–H groups in total. The molecule has 9 heteroatoms. The van der Waals surface area contributed by atoms with Gasteiger partial charge >= 0.3 is 0 Å². The molecule has 33 heavy (non-hydrogen) atoms. The minimum absolute atomic E-state index is 0.0797. The Morgan fingerprint density at radius 3 is 2.27 bits per heavy atom. The van der Waals surface area contributed by atoms with Gasteiger partial charge in [0.15, 0.2) is 0 Å². The Hall–Kier alpha value is -3.75. The third-order valence-electron chi connectivity index (χ3n) is 4.97. The predicted octanol–water partition coefficient (Wildman–Crippen LogP) is 4.02. The number of para-hydroxylation sites is 1. The Balaban J connectivity index is 1.59. The molecule has 3 amide bonds. The van der Waals surface area contributed by atoms with E-state index in [2.05, 4.69) is 10.7 Å². The van der Waals surface area contributed by atoms with E-state index < -0.39 is 23.8 Å². The smallest absolute Gasteiger partial charge is 0.269 e. The first-order chi connectivity index (χ1) is 15.9. The largest absolute Gasteiger partial charge is 0.326 e. The Morgan fingerprint density at radius 2 is 1.61 bits per heavy atom. The molecule has 1 saturated heterocycles. The zero-order chi connectivity index (χ0) is 23.4. The molecule has 3 aromatic rings. The highest BCUT2D eigenvalue weighted by molar-refractivity contribution is 7.80. The van der Waals surface area contributed by atoms with Gasteiger partial charge in [-0.25, -0.2) is 5.01 Å². The van der Waals surface area contributed by atoms with Crippen molar-refractivity contribution in [1.82, 2.24) is 10.4 Å². The van der Waals surface area contributed by atoms with E-state index in [9.17, 15) is 14.4 Å². The van der Waals surface area contributed by atoms with Gasteiger partial charge in [0.25, 0.3) is 11.8 Å². The molecule has 1 atom stereocenters. The van der Waals surface area contributed by atoms with Gasteiger partial charge in [0, 0.05) is 16.3 Å². The summed E-state index contributed by atoms with van der Waals surface area (Å²) in [5.41, 5.74) is 4.14. The number of benzene rings is 3. The Labute approximate surface area is 200 Å². The number of anilines is 2. The van der Waals surface area contributed by atoms with Crippen LogP contribution in [0, 0.1) is 0 Å². The third kappa shape index (κ3) is 5.02. The van der Waals surface area contributed by atoms with Gasteiger partial charge in [-0.1, -0.05) is 54.1 Å². The Kier molecular flexibility index (Phi) is 6.67. The highest BCUT2D eigenvalue weighted by atomic mass is 35.5. The molecular formula is C24H19ClN4O3S. The van der Waals surface area contributed by atoms with E-state index in [1.165, 1.54) is 9.91 Å². The molecule has 3 aromatic carbocycles. The second-order valence-corrected chi connectivity index (χ2v) is 8.05. The van der Waals surface area contributed by atoms with Crippen molar-refractivity contribution in [2.45, 2.75) is 12.5 Å². The summed E-state index contributed by atoms with van der Waals surface area (Å²) in [5, 5.41) is 4.55. The SMILES string of the molecule is O=C(CC1C(=O)N(c2ccccc2)C(=S)N1NC(=O)c1ccccc1)Nc1cccc(Cl)c1. The van der Waals surface area contributed by atoms with Gasteiger partial charge in [0.2, 0.25) is 11.0 Å². The minimum atomic E-state index is -1.02. The van der Waals surface area contributed by atoms with Crippen LogP contribution in [-0.4, -0.2) is 33.9 Å². The summed E-state index contributed by atoms with van der Waals surface area (Å²) in [4.78, 5) is 40.2. The number of nitrogens with one attached hydrogen (secondary N) is 2. The van der Waals surface area contributed by atoms with E-state index in [0.717, 1.165) is 0 Å². The van der Waals surface area contributed by atoms with E-state index >= 15 is 0 Å². The lowest BCUT2D eigenvalue weighted by Gasteiger charge is -2.24. The van der Waals surface area contributed by atoms with E-state index in [-0.39, 0.29) is 11.5 Å². The molecule has 1 unspecified atom stereocenters. The van der Waals surface area contributed by atoms with Crippen molar-refractivity contribution in [3.8, 4) is 0 Å². The molecule has 0 saturated carbocycles. The number of hydrogen-bond acceptors (Lipinski definition) is 4. The van der Waals surface area contributed by atoms with Gasteiger partial charge in [-0.15, -0.1) is 0 Å². The first-order valence-corrected chi connectivity index (χ1v) is 10.9. The molecule has 0 spiro atoms. The maximum absolute atomic E-state index is 13.3. The lowest BCUT2D eigenvalue weighted by atomic mass is 10.1. The first-order valence-electron chi connectivity index (χ1n) is 10.1. The van der Waals surface area contributed by atoms with Crippen LogP contribution in [0.15, 0.2) is 84.9 Å².